The van der Waals surface area contributed by atoms with Crippen LogP contribution in [0.3, 0.4) is 0 Å². The lowest BCUT2D eigenvalue weighted by Crippen LogP contribution is -2.34. The highest BCUT2D eigenvalue weighted by Gasteiger charge is 2.35. The van der Waals surface area contributed by atoms with Crippen molar-refractivity contribution in [3.8, 4) is 6.07 Å². The van der Waals surface area contributed by atoms with E-state index in [-0.39, 0.29) is 24.4 Å². The number of Topliss-reactive ketones (excluding diaryl/α,β-unsaturated/α-hetero) is 1. The minimum atomic E-state index is -1.09. The van der Waals surface area contributed by atoms with Gasteiger partial charge in [-0.05, 0) is 47.9 Å². The van der Waals surface area contributed by atoms with E-state index in [1.54, 1.807) is 30.5 Å². The minimum Gasteiger partial charge on any atom is -0.394 e. The lowest BCUT2D eigenvalue weighted by Gasteiger charge is -2.34. The molecule has 0 saturated carbocycles. The smallest absolute Gasteiger partial charge is 0.150 e. The fraction of sp³-hybridized carbons (Fsp3) is 0.240. The first-order chi connectivity index (χ1) is 15.4. The highest BCUT2D eigenvalue weighted by molar-refractivity contribution is 5.99. The number of nitrogens with zero attached hydrogens (tertiary/aromatic N) is 3. The van der Waals surface area contributed by atoms with Gasteiger partial charge in [0.1, 0.15) is 23.4 Å². The van der Waals surface area contributed by atoms with Gasteiger partial charge in [0, 0.05) is 23.9 Å². The lowest BCUT2D eigenvalue weighted by atomic mass is 9.77. The van der Waals surface area contributed by atoms with E-state index in [2.05, 4.69) is 11.1 Å². The number of rotatable bonds is 5. The molecule has 2 heterocycles. The number of β-amino-alcohol motifs (C(OH)–C–C–N with tert-alkyl or cyclic N) is 1. The summed E-state index contributed by atoms with van der Waals surface area (Å²) in [5.74, 6) is -1.07. The number of pyridine rings is 1. The molecule has 0 radical (unpaired) electrons. The average molecular weight is 431 g/mol. The summed E-state index contributed by atoms with van der Waals surface area (Å²) in [7, 11) is 0. The van der Waals surface area contributed by atoms with E-state index in [1.165, 1.54) is 17.0 Å². The number of halogens is 1. The van der Waals surface area contributed by atoms with Crippen molar-refractivity contribution in [2.75, 3.05) is 13.2 Å². The number of aromatic nitrogens is 1. The Morgan fingerprint density at radius 2 is 2.09 bits per heavy atom. The average Bonchev–Trinajstić information content (AvgIpc) is 2.77. The van der Waals surface area contributed by atoms with Crippen molar-refractivity contribution in [2.24, 2.45) is 0 Å². The second-order valence-electron chi connectivity index (χ2n) is 7.89. The topological polar surface area (TPSA) is 97.5 Å². The molecule has 4 rings (SSSR count). The van der Waals surface area contributed by atoms with Gasteiger partial charge < -0.3 is 15.1 Å². The van der Waals surface area contributed by atoms with Gasteiger partial charge in [0.25, 0.3) is 0 Å². The number of hydrogen-bond acceptors (Lipinski definition) is 6. The Kier molecular flexibility index (Phi) is 5.99. The van der Waals surface area contributed by atoms with Gasteiger partial charge in [0.2, 0.25) is 0 Å². The third-order valence-corrected chi connectivity index (χ3v) is 5.56. The molecule has 0 spiro atoms. The number of carbonyl (C=O) groups excluding carboxylic acids is 1. The third-order valence-electron chi connectivity index (χ3n) is 5.56. The van der Waals surface area contributed by atoms with Crippen LogP contribution in [0.2, 0.25) is 0 Å². The number of aliphatic hydroxyl groups excluding tert-OH is 2. The van der Waals surface area contributed by atoms with Crippen LogP contribution in [-0.2, 0) is 4.79 Å². The summed E-state index contributed by atoms with van der Waals surface area (Å²) in [6.07, 6.45) is 2.47. The van der Waals surface area contributed by atoms with Crippen molar-refractivity contribution < 1.29 is 19.4 Å². The number of aliphatic hydroxyl groups is 2. The molecule has 0 bridgehead atoms. The molecule has 1 aliphatic heterocycles. The standard InChI is InChI=1S/C25H22FN3O3/c1-15-4-2-7-22(28-15)21-10-20-17(9-24(21)32)12-29(13-19(31)14-30)23(11-27)25(20)16-5-3-6-18(26)8-16/h2-8,10,12,19,21,30-31H,9,13-14H2,1H3. The molecule has 2 unspecified atom stereocenters. The highest BCUT2D eigenvalue weighted by atomic mass is 19.1. The van der Waals surface area contributed by atoms with Crippen LogP contribution in [0.4, 0.5) is 4.39 Å². The Bertz CT molecular complexity index is 1210. The Morgan fingerprint density at radius 3 is 2.78 bits per heavy atom. The van der Waals surface area contributed by atoms with Gasteiger partial charge >= 0.3 is 0 Å². The third kappa shape index (κ3) is 4.11. The Balaban J connectivity index is 1.91. The van der Waals surface area contributed by atoms with E-state index in [1.807, 2.05) is 19.1 Å². The van der Waals surface area contributed by atoms with Crippen LogP contribution in [0, 0.1) is 24.1 Å². The minimum absolute atomic E-state index is 0.0357. The summed E-state index contributed by atoms with van der Waals surface area (Å²) in [6.45, 7) is 1.34. The van der Waals surface area contributed by atoms with Gasteiger partial charge in [0.15, 0.2) is 0 Å². The molecular weight excluding hydrogens is 409 g/mol. The molecule has 6 nitrogen and oxygen atoms in total. The molecule has 2 atom stereocenters. The van der Waals surface area contributed by atoms with Crippen molar-refractivity contribution >= 4 is 11.4 Å². The quantitative estimate of drug-likeness (QED) is 0.755. The van der Waals surface area contributed by atoms with E-state index in [4.69, 9.17) is 0 Å². The molecule has 2 N–H and O–H groups in total. The van der Waals surface area contributed by atoms with Crippen LogP contribution in [0.25, 0.3) is 5.57 Å². The highest BCUT2D eigenvalue weighted by Crippen LogP contribution is 2.43. The number of fused-ring (bicyclic) bond motifs is 1. The van der Waals surface area contributed by atoms with Gasteiger partial charge in [-0.25, -0.2) is 4.39 Å². The predicted molar refractivity (Wildman–Crippen MR) is 116 cm³/mol. The van der Waals surface area contributed by atoms with Crippen molar-refractivity contribution in [1.82, 2.24) is 9.88 Å². The largest absolute Gasteiger partial charge is 0.394 e. The molecular formula is C25H22FN3O3. The van der Waals surface area contributed by atoms with E-state index in [0.717, 1.165) is 5.69 Å². The molecule has 1 aromatic heterocycles. The van der Waals surface area contributed by atoms with Crippen LogP contribution >= 0.6 is 0 Å². The number of allylic oxidation sites excluding steroid dienone is 5. The van der Waals surface area contributed by atoms with Crippen molar-refractivity contribution in [1.29, 1.82) is 5.26 Å². The maximum atomic E-state index is 14.1. The first kappa shape index (κ1) is 21.6. The number of benzene rings is 1. The molecule has 2 aromatic rings. The van der Waals surface area contributed by atoms with Gasteiger partial charge in [-0.2, -0.15) is 5.26 Å². The first-order valence-corrected chi connectivity index (χ1v) is 10.3. The van der Waals surface area contributed by atoms with Crippen LogP contribution in [0.5, 0.6) is 0 Å². The fourth-order valence-corrected chi connectivity index (χ4v) is 4.12. The van der Waals surface area contributed by atoms with E-state index in [9.17, 15) is 24.7 Å². The predicted octanol–water partition coefficient (Wildman–Crippen LogP) is 3.00. The van der Waals surface area contributed by atoms with Gasteiger partial charge in [-0.1, -0.05) is 24.3 Å². The van der Waals surface area contributed by atoms with E-state index >= 15 is 0 Å². The fourth-order valence-electron chi connectivity index (χ4n) is 4.12. The second kappa shape index (κ2) is 8.87. The van der Waals surface area contributed by atoms with E-state index < -0.39 is 24.4 Å². The molecule has 1 aliphatic carbocycles. The molecule has 1 aromatic carbocycles. The van der Waals surface area contributed by atoms with Gasteiger partial charge in [-0.3, -0.25) is 9.78 Å². The molecule has 162 valence electrons. The second-order valence-corrected chi connectivity index (χ2v) is 7.89. The van der Waals surface area contributed by atoms with Gasteiger partial charge in [0.05, 0.1) is 30.9 Å². The molecule has 7 heteroatoms. The van der Waals surface area contributed by atoms with Crippen molar-refractivity contribution in [3.05, 3.63) is 94.4 Å². The van der Waals surface area contributed by atoms with Crippen LogP contribution < -0.4 is 0 Å². The van der Waals surface area contributed by atoms with Crippen LogP contribution in [-0.4, -0.2) is 45.1 Å². The lowest BCUT2D eigenvalue weighted by molar-refractivity contribution is -0.119. The number of nitriles is 1. The molecule has 0 fully saturated rings. The van der Waals surface area contributed by atoms with Crippen LogP contribution in [0.15, 0.2) is 71.6 Å². The molecule has 32 heavy (non-hydrogen) atoms. The Hall–Kier alpha value is -3.60. The number of ketones is 1. The summed E-state index contributed by atoms with van der Waals surface area (Å²) < 4.78 is 14.1. The van der Waals surface area contributed by atoms with Gasteiger partial charge in [-0.15, -0.1) is 0 Å². The van der Waals surface area contributed by atoms with E-state index in [0.29, 0.717) is 28.0 Å². The Morgan fingerprint density at radius 1 is 1.31 bits per heavy atom. The number of aryl methyl sites for hydroxylation is 1. The summed E-state index contributed by atoms with van der Waals surface area (Å²) in [5, 5.41) is 29.3. The maximum absolute atomic E-state index is 14.1. The summed E-state index contributed by atoms with van der Waals surface area (Å²) in [5.41, 5.74) is 3.95. The molecule has 0 amide bonds. The normalized spacial score (nSPS) is 19.2. The SMILES string of the molecule is Cc1cccc(C2C=C3C(=CN(CC(O)CO)C(C#N)=C3c3cccc(F)c3)CC2=O)n1. The van der Waals surface area contributed by atoms with Crippen molar-refractivity contribution in [2.45, 2.75) is 25.4 Å². The molecule has 2 aliphatic rings. The summed E-state index contributed by atoms with van der Waals surface area (Å²) in [4.78, 5) is 19.0. The maximum Gasteiger partial charge on any atom is 0.150 e. The summed E-state index contributed by atoms with van der Waals surface area (Å²) >= 11 is 0. The summed E-state index contributed by atoms with van der Waals surface area (Å²) in [6, 6.07) is 13.6. The van der Waals surface area contributed by atoms with Crippen LogP contribution in [0.1, 0.15) is 29.3 Å². The first-order valence-electron chi connectivity index (χ1n) is 10.3. The number of carbonyl (C=O) groups is 1. The zero-order valence-electron chi connectivity index (χ0n) is 17.5. The number of hydrogen-bond donors (Lipinski definition) is 2. The van der Waals surface area contributed by atoms with Crippen molar-refractivity contribution in [3.63, 3.8) is 0 Å². The molecule has 0 saturated heterocycles. The zero-order valence-corrected chi connectivity index (χ0v) is 17.5. The Labute approximate surface area is 185 Å². The zero-order chi connectivity index (χ0) is 22.8. The monoisotopic (exact) mass is 431 g/mol.